The number of ketones is 1. The molecule has 0 aliphatic carbocycles. The lowest BCUT2D eigenvalue weighted by molar-refractivity contribution is -0.137. The van der Waals surface area contributed by atoms with Gasteiger partial charge in [0.15, 0.2) is 11.4 Å². The topological polar surface area (TPSA) is 67.6 Å². The number of piperidine rings is 1. The lowest BCUT2D eigenvalue weighted by atomic mass is 9.94. The number of fused-ring (bicyclic) bond motifs is 1. The summed E-state index contributed by atoms with van der Waals surface area (Å²) < 4.78 is 41.1. The van der Waals surface area contributed by atoms with Crippen molar-refractivity contribution >= 4 is 17.3 Å². The van der Waals surface area contributed by atoms with Gasteiger partial charge < -0.3 is 4.90 Å². The first kappa shape index (κ1) is 22.8. The smallest absolute Gasteiger partial charge is 0.338 e. The minimum atomic E-state index is -4.49. The van der Waals surface area contributed by atoms with Crippen molar-refractivity contribution in [2.45, 2.75) is 24.9 Å². The van der Waals surface area contributed by atoms with E-state index in [1.807, 2.05) is 6.07 Å². The second kappa shape index (κ2) is 8.98. The lowest BCUT2D eigenvalue weighted by Gasteiger charge is -2.32. The molecule has 1 saturated heterocycles. The van der Waals surface area contributed by atoms with Gasteiger partial charge in [-0.1, -0.05) is 48.5 Å². The van der Waals surface area contributed by atoms with Crippen LogP contribution in [0.2, 0.25) is 0 Å². The summed E-state index contributed by atoms with van der Waals surface area (Å²) in [4.78, 5) is 28.2. The molecule has 1 fully saturated rings. The standard InChI is InChI=1S/C26H21F3N4O2/c27-26(28,29)19-12-13-22-30-31-24(33(22)16-19)18-9-6-14-32(15-18)25(35)21-11-5-4-10-20(21)23(34)17-7-2-1-3-8-17/h1-5,7-8,10-13,16,18H,6,9,14-15H2. The molecule has 4 aromatic rings. The summed E-state index contributed by atoms with van der Waals surface area (Å²) in [5.41, 5.74) is 0.624. The Morgan fingerprint density at radius 2 is 1.60 bits per heavy atom. The Morgan fingerprint density at radius 1 is 0.886 bits per heavy atom. The van der Waals surface area contributed by atoms with Crippen molar-refractivity contribution in [1.29, 1.82) is 0 Å². The molecule has 9 heteroatoms. The predicted octanol–water partition coefficient (Wildman–Crippen LogP) is 5.00. The zero-order chi connectivity index (χ0) is 24.6. The number of benzene rings is 2. The number of halogens is 3. The van der Waals surface area contributed by atoms with Gasteiger partial charge in [-0.15, -0.1) is 10.2 Å². The molecule has 1 atom stereocenters. The van der Waals surface area contributed by atoms with E-state index in [1.54, 1.807) is 53.4 Å². The summed E-state index contributed by atoms with van der Waals surface area (Å²) >= 11 is 0. The van der Waals surface area contributed by atoms with E-state index in [1.165, 1.54) is 10.5 Å². The molecule has 0 N–H and O–H groups in total. The highest BCUT2D eigenvalue weighted by atomic mass is 19.4. The van der Waals surface area contributed by atoms with Crippen LogP contribution in [0.3, 0.4) is 0 Å². The largest absolute Gasteiger partial charge is 0.417 e. The Kier molecular flexibility index (Phi) is 5.84. The number of likely N-dealkylation sites (tertiary alicyclic amines) is 1. The van der Waals surface area contributed by atoms with Gasteiger partial charge in [0.2, 0.25) is 0 Å². The van der Waals surface area contributed by atoms with Crippen molar-refractivity contribution in [3.63, 3.8) is 0 Å². The maximum atomic E-state index is 13.5. The van der Waals surface area contributed by atoms with Crippen molar-refractivity contribution in [3.05, 3.63) is 101 Å². The van der Waals surface area contributed by atoms with Gasteiger partial charge in [0, 0.05) is 36.3 Å². The first-order chi connectivity index (χ1) is 16.8. The van der Waals surface area contributed by atoms with E-state index in [4.69, 9.17) is 0 Å². The highest BCUT2D eigenvalue weighted by Crippen LogP contribution is 2.32. The highest BCUT2D eigenvalue weighted by Gasteiger charge is 2.33. The first-order valence-electron chi connectivity index (χ1n) is 11.2. The molecular formula is C26H21F3N4O2. The van der Waals surface area contributed by atoms with Crippen LogP contribution in [0.4, 0.5) is 13.2 Å². The number of amides is 1. The third-order valence-electron chi connectivity index (χ3n) is 6.27. The number of hydrogen-bond donors (Lipinski definition) is 0. The fourth-order valence-corrected chi connectivity index (χ4v) is 4.51. The third-order valence-corrected chi connectivity index (χ3v) is 6.27. The van der Waals surface area contributed by atoms with Gasteiger partial charge in [0.05, 0.1) is 11.1 Å². The van der Waals surface area contributed by atoms with Crippen LogP contribution in [-0.2, 0) is 6.18 Å². The Labute approximate surface area is 199 Å². The second-order valence-electron chi connectivity index (χ2n) is 8.53. The fraction of sp³-hybridized carbons (Fsp3) is 0.231. The number of alkyl halides is 3. The molecule has 2 aromatic carbocycles. The van der Waals surface area contributed by atoms with E-state index in [0.29, 0.717) is 47.5 Å². The molecule has 1 aliphatic heterocycles. The molecule has 0 bridgehead atoms. The van der Waals surface area contributed by atoms with Crippen LogP contribution in [0.5, 0.6) is 0 Å². The molecule has 0 spiro atoms. The van der Waals surface area contributed by atoms with E-state index in [0.717, 1.165) is 12.3 Å². The van der Waals surface area contributed by atoms with Crippen LogP contribution in [-0.4, -0.2) is 44.3 Å². The maximum absolute atomic E-state index is 13.5. The number of pyridine rings is 1. The number of carbonyl (C=O) groups is 2. The van der Waals surface area contributed by atoms with Crippen molar-refractivity contribution < 1.29 is 22.8 Å². The third kappa shape index (κ3) is 4.41. The number of nitrogens with zero attached hydrogens (tertiary/aromatic N) is 4. The summed E-state index contributed by atoms with van der Waals surface area (Å²) in [6.45, 7) is 0.747. The van der Waals surface area contributed by atoms with Gasteiger partial charge in [-0.25, -0.2) is 0 Å². The molecule has 1 unspecified atom stereocenters. The molecule has 1 amide bonds. The number of hydrogen-bond acceptors (Lipinski definition) is 4. The van der Waals surface area contributed by atoms with Gasteiger partial charge in [-0.3, -0.25) is 14.0 Å². The molecule has 2 aromatic heterocycles. The van der Waals surface area contributed by atoms with Crippen LogP contribution in [0.1, 0.15) is 56.4 Å². The zero-order valence-electron chi connectivity index (χ0n) is 18.6. The van der Waals surface area contributed by atoms with E-state index in [2.05, 4.69) is 10.2 Å². The summed E-state index contributed by atoms with van der Waals surface area (Å²) in [5.74, 6) is -0.439. The van der Waals surface area contributed by atoms with Crippen LogP contribution in [0.25, 0.3) is 5.65 Å². The summed E-state index contributed by atoms with van der Waals surface area (Å²) in [6, 6.07) is 17.7. The summed E-state index contributed by atoms with van der Waals surface area (Å²) in [6.07, 6.45) is -2.18. The predicted molar refractivity (Wildman–Crippen MR) is 122 cm³/mol. The van der Waals surface area contributed by atoms with Crippen molar-refractivity contribution in [1.82, 2.24) is 19.5 Å². The Hall–Kier alpha value is -4.01. The van der Waals surface area contributed by atoms with Gasteiger partial charge in [0.25, 0.3) is 5.91 Å². The van der Waals surface area contributed by atoms with Crippen LogP contribution >= 0.6 is 0 Å². The summed E-state index contributed by atoms with van der Waals surface area (Å²) in [5, 5.41) is 8.16. The van der Waals surface area contributed by atoms with Crippen LogP contribution in [0, 0.1) is 0 Å². The molecule has 35 heavy (non-hydrogen) atoms. The normalized spacial score (nSPS) is 16.4. The Morgan fingerprint density at radius 3 is 2.34 bits per heavy atom. The molecular weight excluding hydrogens is 457 g/mol. The van der Waals surface area contributed by atoms with Crippen molar-refractivity contribution in [2.75, 3.05) is 13.1 Å². The maximum Gasteiger partial charge on any atom is 0.417 e. The number of rotatable bonds is 4. The lowest BCUT2D eigenvalue weighted by Crippen LogP contribution is -2.40. The Bertz CT molecular complexity index is 1400. The molecule has 5 rings (SSSR count). The van der Waals surface area contributed by atoms with E-state index in [9.17, 15) is 22.8 Å². The van der Waals surface area contributed by atoms with E-state index >= 15 is 0 Å². The number of carbonyl (C=O) groups excluding carboxylic acids is 2. The summed E-state index contributed by atoms with van der Waals surface area (Å²) in [7, 11) is 0. The Balaban J connectivity index is 1.43. The van der Waals surface area contributed by atoms with Gasteiger partial charge >= 0.3 is 6.18 Å². The molecule has 6 nitrogen and oxygen atoms in total. The second-order valence-corrected chi connectivity index (χ2v) is 8.53. The molecule has 3 heterocycles. The SMILES string of the molecule is O=C(c1ccccc1)c1ccccc1C(=O)N1CCCC(c2nnc3ccc(C(F)(F)F)cn23)C1. The molecule has 0 radical (unpaired) electrons. The quantitative estimate of drug-likeness (QED) is 0.387. The fourth-order valence-electron chi connectivity index (χ4n) is 4.51. The average molecular weight is 478 g/mol. The highest BCUT2D eigenvalue weighted by molar-refractivity contribution is 6.15. The van der Waals surface area contributed by atoms with E-state index in [-0.39, 0.29) is 24.2 Å². The van der Waals surface area contributed by atoms with Gasteiger partial charge in [-0.05, 0) is 31.0 Å². The molecule has 1 aliphatic rings. The minimum Gasteiger partial charge on any atom is -0.338 e. The van der Waals surface area contributed by atoms with E-state index < -0.39 is 11.7 Å². The molecule has 178 valence electrons. The van der Waals surface area contributed by atoms with Crippen LogP contribution < -0.4 is 0 Å². The van der Waals surface area contributed by atoms with Crippen molar-refractivity contribution in [2.24, 2.45) is 0 Å². The average Bonchev–Trinajstić information content (AvgIpc) is 3.31. The monoisotopic (exact) mass is 478 g/mol. The van der Waals surface area contributed by atoms with Crippen molar-refractivity contribution in [3.8, 4) is 0 Å². The molecule has 0 saturated carbocycles. The van der Waals surface area contributed by atoms with Gasteiger partial charge in [-0.2, -0.15) is 13.2 Å². The van der Waals surface area contributed by atoms with Crippen LogP contribution in [0.15, 0.2) is 72.9 Å². The minimum absolute atomic E-state index is 0.244. The van der Waals surface area contributed by atoms with Gasteiger partial charge in [0.1, 0.15) is 5.82 Å². The zero-order valence-corrected chi connectivity index (χ0v) is 18.6. The first-order valence-corrected chi connectivity index (χ1v) is 11.2. The number of aromatic nitrogens is 3.